The normalized spacial score (nSPS) is 10.1. The van der Waals surface area contributed by atoms with Gasteiger partial charge in [0.05, 0.1) is 23.2 Å². The van der Waals surface area contributed by atoms with Gasteiger partial charge in [0.25, 0.3) is 0 Å². The van der Waals surface area contributed by atoms with Crippen LogP contribution in [0.15, 0.2) is 30.5 Å². The Bertz CT molecular complexity index is 633. The number of aromatic nitrogens is 1. The molecule has 2 rings (SSSR count). The van der Waals surface area contributed by atoms with Crippen molar-refractivity contribution < 1.29 is 0 Å². The maximum Gasteiger partial charge on any atom is 0.0789 e. The summed E-state index contributed by atoms with van der Waals surface area (Å²) in [6.45, 7) is 0. The molecule has 0 unspecified atom stereocenters. The molecule has 1 aromatic heterocycles. The zero-order valence-electron chi connectivity index (χ0n) is 9.12. The summed E-state index contributed by atoms with van der Waals surface area (Å²) in [6.07, 6.45) is 1.82. The van der Waals surface area contributed by atoms with Gasteiger partial charge in [-0.1, -0.05) is 34.8 Å². The van der Waals surface area contributed by atoms with Crippen molar-refractivity contribution in [2.24, 2.45) is 0 Å². The molecule has 0 aliphatic rings. The van der Waals surface area contributed by atoms with Gasteiger partial charge in [-0.15, -0.1) is 0 Å². The largest absolute Gasteiger partial charge is 0.258 e. The highest BCUT2D eigenvalue weighted by molar-refractivity contribution is 6.35. The van der Waals surface area contributed by atoms with E-state index in [0.29, 0.717) is 20.8 Å². The van der Waals surface area contributed by atoms with Gasteiger partial charge in [0.1, 0.15) is 0 Å². The van der Waals surface area contributed by atoms with E-state index < -0.39 is 0 Å². The second-order valence-electron chi connectivity index (χ2n) is 3.61. The number of rotatable bonds is 2. The van der Waals surface area contributed by atoms with Gasteiger partial charge < -0.3 is 0 Å². The van der Waals surface area contributed by atoms with E-state index in [-0.39, 0.29) is 6.42 Å². The second kappa shape index (κ2) is 5.58. The Labute approximate surface area is 120 Å². The molecule has 0 N–H and O–H groups in total. The monoisotopic (exact) mass is 296 g/mol. The van der Waals surface area contributed by atoms with Crippen molar-refractivity contribution >= 4 is 34.8 Å². The minimum atomic E-state index is 0.183. The quantitative estimate of drug-likeness (QED) is 0.800. The van der Waals surface area contributed by atoms with Crippen molar-refractivity contribution in [3.8, 4) is 17.2 Å². The molecule has 0 atom stereocenters. The first-order chi connectivity index (χ1) is 8.61. The molecule has 90 valence electrons. The number of halogens is 3. The van der Waals surface area contributed by atoms with Crippen LogP contribution in [0.25, 0.3) is 11.1 Å². The maximum atomic E-state index is 8.62. The van der Waals surface area contributed by atoms with Crippen LogP contribution in [0.4, 0.5) is 0 Å². The van der Waals surface area contributed by atoms with Gasteiger partial charge >= 0.3 is 0 Å². The van der Waals surface area contributed by atoms with Crippen LogP contribution < -0.4 is 0 Å². The number of pyridine rings is 1. The summed E-state index contributed by atoms with van der Waals surface area (Å²) >= 11 is 18.1. The lowest BCUT2D eigenvalue weighted by atomic mass is 10.1. The van der Waals surface area contributed by atoms with Gasteiger partial charge in [0.15, 0.2) is 0 Å². The highest BCUT2D eigenvalue weighted by Crippen LogP contribution is 2.32. The minimum absolute atomic E-state index is 0.183. The number of hydrogen-bond acceptors (Lipinski definition) is 2. The highest BCUT2D eigenvalue weighted by atomic mass is 35.5. The Hall–Kier alpha value is -1.27. The summed E-state index contributed by atoms with van der Waals surface area (Å²) in [5.41, 5.74) is 2.09. The van der Waals surface area contributed by atoms with Gasteiger partial charge in [0, 0.05) is 27.4 Å². The fourth-order valence-corrected chi connectivity index (χ4v) is 2.17. The Morgan fingerprint density at radius 1 is 1.11 bits per heavy atom. The fraction of sp³-hybridized carbons (Fsp3) is 0.0769. The molecule has 2 nitrogen and oxygen atoms in total. The number of benzene rings is 1. The van der Waals surface area contributed by atoms with Crippen molar-refractivity contribution in [1.82, 2.24) is 4.98 Å². The first-order valence-electron chi connectivity index (χ1n) is 5.08. The molecule has 5 heteroatoms. The fourth-order valence-electron chi connectivity index (χ4n) is 1.54. The van der Waals surface area contributed by atoms with Crippen molar-refractivity contribution in [3.05, 3.63) is 51.2 Å². The Balaban J connectivity index is 2.49. The van der Waals surface area contributed by atoms with Crippen LogP contribution in [0.2, 0.25) is 15.1 Å². The van der Waals surface area contributed by atoms with Gasteiger partial charge in [-0.25, -0.2) is 0 Å². The average molecular weight is 298 g/mol. The van der Waals surface area contributed by atoms with E-state index in [1.165, 1.54) is 0 Å². The van der Waals surface area contributed by atoms with Crippen LogP contribution in [0.3, 0.4) is 0 Å². The molecule has 0 radical (unpaired) electrons. The van der Waals surface area contributed by atoms with Crippen molar-refractivity contribution in [2.45, 2.75) is 6.42 Å². The summed E-state index contributed by atoms with van der Waals surface area (Å²) < 4.78 is 0. The van der Waals surface area contributed by atoms with Crippen molar-refractivity contribution in [3.63, 3.8) is 0 Å². The summed E-state index contributed by atoms with van der Waals surface area (Å²) in [5.74, 6) is 0. The number of hydrogen-bond donors (Lipinski definition) is 0. The first-order valence-corrected chi connectivity index (χ1v) is 6.22. The molecule has 0 fully saturated rings. The van der Waals surface area contributed by atoms with E-state index >= 15 is 0 Å². The van der Waals surface area contributed by atoms with E-state index in [0.717, 1.165) is 11.1 Å². The third kappa shape index (κ3) is 2.76. The SMILES string of the molecule is N#CCc1ncc(-c2cc(Cl)ccc2Cl)cc1Cl. The molecule has 0 amide bonds. The van der Waals surface area contributed by atoms with E-state index in [4.69, 9.17) is 40.1 Å². The Morgan fingerprint density at radius 2 is 1.89 bits per heavy atom. The smallest absolute Gasteiger partial charge is 0.0789 e. The Morgan fingerprint density at radius 3 is 2.56 bits per heavy atom. The van der Waals surface area contributed by atoms with E-state index in [1.807, 2.05) is 6.07 Å². The van der Waals surface area contributed by atoms with Crippen LogP contribution in [-0.2, 0) is 6.42 Å². The van der Waals surface area contributed by atoms with Gasteiger partial charge in [-0.2, -0.15) is 5.26 Å². The lowest BCUT2D eigenvalue weighted by molar-refractivity contribution is 1.12. The molecule has 0 spiro atoms. The first kappa shape index (κ1) is 13.2. The van der Waals surface area contributed by atoms with Crippen molar-refractivity contribution in [1.29, 1.82) is 5.26 Å². The number of nitrogens with zero attached hydrogens (tertiary/aromatic N) is 2. The predicted molar refractivity (Wildman–Crippen MR) is 74.0 cm³/mol. The second-order valence-corrected chi connectivity index (χ2v) is 4.86. The number of nitriles is 1. The van der Waals surface area contributed by atoms with Crippen LogP contribution in [0.5, 0.6) is 0 Å². The average Bonchev–Trinajstić information content (AvgIpc) is 2.35. The van der Waals surface area contributed by atoms with Crippen LogP contribution >= 0.6 is 34.8 Å². The lowest BCUT2D eigenvalue weighted by Crippen LogP contribution is -1.91. The minimum Gasteiger partial charge on any atom is -0.258 e. The molecule has 0 aliphatic heterocycles. The maximum absolute atomic E-state index is 8.62. The molecule has 0 saturated carbocycles. The molecule has 0 aliphatic carbocycles. The molecular weight excluding hydrogens is 291 g/mol. The molecular formula is C13H7Cl3N2. The van der Waals surface area contributed by atoms with Crippen molar-refractivity contribution in [2.75, 3.05) is 0 Å². The predicted octanol–water partition coefficient (Wildman–Crippen LogP) is 4.77. The third-order valence-electron chi connectivity index (χ3n) is 2.40. The third-order valence-corrected chi connectivity index (χ3v) is 3.30. The zero-order valence-corrected chi connectivity index (χ0v) is 11.4. The van der Waals surface area contributed by atoms with Gasteiger partial charge in [-0.3, -0.25) is 4.98 Å². The zero-order chi connectivity index (χ0) is 13.1. The van der Waals surface area contributed by atoms with Crippen LogP contribution in [-0.4, -0.2) is 4.98 Å². The molecule has 0 bridgehead atoms. The molecule has 0 saturated heterocycles. The van der Waals surface area contributed by atoms with Crippen LogP contribution in [0.1, 0.15) is 5.69 Å². The van der Waals surface area contributed by atoms with Crippen LogP contribution in [0, 0.1) is 11.3 Å². The Kier molecular flexibility index (Phi) is 4.08. The molecule has 1 aromatic carbocycles. The van der Waals surface area contributed by atoms with E-state index in [1.54, 1.807) is 30.5 Å². The molecule has 18 heavy (non-hydrogen) atoms. The summed E-state index contributed by atoms with van der Waals surface area (Å²) in [5, 5.41) is 10.2. The highest BCUT2D eigenvalue weighted by Gasteiger charge is 2.08. The summed E-state index contributed by atoms with van der Waals surface area (Å²) in [4.78, 5) is 4.16. The lowest BCUT2D eigenvalue weighted by Gasteiger charge is -2.07. The standard InChI is InChI=1S/C13H7Cl3N2/c14-9-1-2-11(15)10(6-9)8-5-12(16)13(3-4-17)18-7-8/h1-2,5-7H,3H2. The summed E-state index contributed by atoms with van der Waals surface area (Å²) in [7, 11) is 0. The van der Waals surface area contributed by atoms with Gasteiger partial charge in [0.2, 0.25) is 0 Å². The molecule has 2 aromatic rings. The van der Waals surface area contributed by atoms with E-state index in [2.05, 4.69) is 4.98 Å². The van der Waals surface area contributed by atoms with E-state index in [9.17, 15) is 0 Å². The topological polar surface area (TPSA) is 36.7 Å². The molecule has 1 heterocycles. The summed E-state index contributed by atoms with van der Waals surface area (Å²) in [6, 6.07) is 8.93. The van der Waals surface area contributed by atoms with Gasteiger partial charge in [-0.05, 0) is 24.3 Å².